The number of nitrogens with zero attached hydrogens (tertiary/aromatic N) is 1. The molecule has 0 bridgehead atoms. The van der Waals surface area contributed by atoms with Crippen LogP contribution < -0.4 is 10.1 Å². The molecule has 0 spiro atoms. The van der Waals surface area contributed by atoms with Crippen molar-refractivity contribution in [1.29, 1.82) is 0 Å². The molecule has 5 nitrogen and oxygen atoms in total. The molecule has 0 saturated carbocycles. The second-order valence-corrected chi connectivity index (χ2v) is 4.67. The first-order chi connectivity index (χ1) is 8.95. The van der Waals surface area contributed by atoms with Crippen LogP contribution in [0.5, 0.6) is 5.75 Å². The van der Waals surface area contributed by atoms with Gasteiger partial charge in [-0.25, -0.2) is 0 Å². The SMILES string of the molecule is COc1ccc(C(CNC(=O)C(C)O)N(C)C)cc1. The molecular formula is C14H22N2O3. The molecule has 106 valence electrons. The monoisotopic (exact) mass is 266 g/mol. The first-order valence-electron chi connectivity index (χ1n) is 6.22. The lowest BCUT2D eigenvalue weighted by Crippen LogP contribution is -2.38. The Kier molecular flexibility index (Phi) is 5.79. The van der Waals surface area contributed by atoms with E-state index in [0.717, 1.165) is 11.3 Å². The van der Waals surface area contributed by atoms with Gasteiger partial charge in [-0.05, 0) is 38.7 Å². The van der Waals surface area contributed by atoms with E-state index in [1.807, 2.05) is 43.3 Å². The van der Waals surface area contributed by atoms with Crippen LogP contribution in [0.3, 0.4) is 0 Å². The summed E-state index contributed by atoms with van der Waals surface area (Å²) in [5.41, 5.74) is 1.08. The number of ether oxygens (including phenoxy) is 1. The van der Waals surface area contributed by atoms with Crippen LogP contribution >= 0.6 is 0 Å². The van der Waals surface area contributed by atoms with Gasteiger partial charge in [-0.3, -0.25) is 4.79 Å². The van der Waals surface area contributed by atoms with Crippen molar-refractivity contribution in [3.63, 3.8) is 0 Å². The van der Waals surface area contributed by atoms with Gasteiger partial charge < -0.3 is 20.1 Å². The van der Waals surface area contributed by atoms with E-state index in [2.05, 4.69) is 5.32 Å². The number of hydrogen-bond acceptors (Lipinski definition) is 4. The maximum atomic E-state index is 11.4. The number of nitrogens with one attached hydrogen (secondary N) is 1. The molecule has 0 aliphatic heterocycles. The Morgan fingerprint density at radius 1 is 1.37 bits per heavy atom. The van der Waals surface area contributed by atoms with Crippen LogP contribution in [0, 0.1) is 0 Å². The molecule has 0 aromatic heterocycles. The first kappa shape index (κ1) is 15.5. The number of amides is 1. The van der Waals surface area contributed by atoms with Crippen LogP contribution in [0.2, 0.25) is 0 Å². The van der Waals surface area contributed by atoms with Crippen molar-refractivity contribution < 1.29 is 14.6 Å². The molecule has 2 atom stereocenters. The highest BCUT2D eigenvalue weighted by Gasteiger charge is 2.16. The molecule has 0 aliphatic carbocycles. The smallest absolute Gasteiger partial charge is 0.248 e. The minimum Gasteiger partial charge on any atom is -0.497 e. The number of aliphatic hydroxyl groups excluding tert-OH is 1. The van der Waals surface area contributed by atoms with E-state index in [9.17, 15) is 4.79 Å². The fourth-order valence-electron chi connectivity index (χ4n) is 1.77. The summed E-state index contributed by atoms with van der Waals surface area (Å²) in [6, 6.07) is 7.77. The van der Waals surface area contributed by atoms with Gasteiger partial charge in [0.2, 0.25) is 5.91 Å². The highest BCUT2D eigenvalue weighted by molar-refractivity contribution is 5.80. The number of likely N-dealkylation sites (N-methyl/N-ethyl adjacent to an activating group) is 1. The quantitative estimate of drug-likeness (QED) is 0.799. The van der Waals surface area contributed by atoms with Crippen LogP contribution in [-0.2, 0) is 4.79 Å². The maximum Gasteiger partial charge on any atom is 0.248 e. The van der Waals surface area contributed by atoms with Gasteiger partial charge in [0.1, 0.15) is 11.9 Å². The lowest BCUT2D eigenvalue weighted by atomic mass is 10.1. The largest absolute Gasteiger partial charge is 0.497 e. The molecule has 0 saturated heterocycles. The number of carbonyl (C=O) groups is 1. The van der Waals surface area contributed by atoms with Gasteiger partial charge in [0.15, 0.2) is 0 Å². The number of rotatable bonds is 6. The zero-order chi connectivity index (χ0) is 14.4. The maximum absolute atomic E-state index is 11.4. The van der Waals surface area contributed by atoms with Gasteiger partial charge in [-0.1, -0.05) is 12.1 Å². The predicted molar refractivity (Wildman–Crippen MR) is 74.1 cm³/mol. The number of benzene rings is 1. The predicted octanol–water partition coefficient (Wildman–Crippen LogP) is 0.795. The summed E-state index contributed by atoms with van der Waals surface area (Å²) in [6.45, 7) is 1.90. The van der Waals surface area contributed by atoms with Gasteiger partial charge in [0.25, 0.3) is 0 Å². The van der Waals surface area contributed by atoms with Gasteiger partial charge in [-0.15, -0.1) is 0 Å². The van der Waals surface area contributed by atoms with E-state index in [4.69, 9.17) is 9.84 Å². The van der Waals surface area contributed by atoms with Crippen LogP contribution in [0.25, 0.3) is 0 Å². The van der Waals surface area contributed by atoms with Crippen molar-refractivity contribution in [1.82, 2.24) is 10.2 Å². The molecule has 0 heterocycles. The number of carbonyl (C=O) groups excluding carboxylic acids is 1. The van der Waals surface area contributed by atoms with Crippen molar-refractivity contribution in [2.75, 3.05) is 27.7 Å². The summed E-state index contributed by atoms with van der Waals surface area (Å²) < 4.78 is 5.12. The zero-order valence-electron chi connectivity index (χ0n) is 11.9. The average molecular weight is 266 g/mol. The van der Waals surface area contributed by atoms with Crippen LogP contribution in [0.1, 0.15) is 18.5 Å². The highest BCUT2D eigenvalue weighted by Crippen LogP contribution is 2.20. The van der Waals surface area contributed by atoms with Crippen molar-refractivity contribution >= 4 is 5.91 Å². The van der Waals surface area contributed by atoms with Gasteiger partial charge in [0.05, 0.1) is 13.2 Å². The number of methoxy groups -OCH3 is 1. The summed E-state index contributed by atoms with van der Waals surface area (Å²) in [5, 5.41) is 11.9. The van der Waals surface area contributed by atoms with E-state index in [1.165, 1.54) is 6.92 Å². The second kappa shape index (κ2) is 7.11. The van der Waals surface area contributed by atoms with Crippen LogP contribution in [0.4, 0.5) is 0 Å². The molecule has 1 amide bonds. The van der Waals surface area contributed by atoms with Crippen molar-refractivity contribution in [2.24, 2.45) is 0 Å². The highest BCUT2D eigenvalue weighted by atomic mass is 16.5. The van der Waals surface area contributed by atoms with Crippen molar-refractivity contribution in [3.05, 3.63) is 29.8 Å². The summed E-state index contributed by atoms with van der Waals surface area (Å²) in [7, 11) is 5.52. The lowest BCUT2D eigenvalue weighted by Gasteiger charge is -2.25. The molecule has 2 N–H and O–H groups in total. The molecule has 0 fully saturated rings. The third-order valence-electron chi connectivity index (χ3n) is 2.97. The molecule has 1 rings (SSSR count). The number of aliphatic hydroxyl groups is 1. The fourth-order valence-corrected chi connectivity index (χ4v) is 1.77. The van der Waals surface area contributed by atoms with E-state index in [1.54, 1.807) is 7.11 Å². The van der Waals surface area contributed by atoms with Crippen molar-refractivity contribution in [2.45, 2.75) is 19.1 Å². The van der Waals surface area contributed by atoms with E-state index < -0.39 is 6.10 Å². The molecule has 2 unspecified atom stereocenters. The van der Waals surface area contributed by atoms with Gasteiger partial charge in [-0.2, -0.15) is 0 Å². The summed E-state index contributed by atoms with van der Waals surface area (Å²) in [6.07, 6.45) is -0.987. The lowest BCUT2D eigenvalue weighted by molar-refractivity contribution is -0.128. The van der Waals surface area contributed by atoms with E-state index in [-0.39, 0.29) is 11.9 Å². The van der Waals surface area contributed by atoms with Crippen LogP contribution in [-0.4, -0.2) is 49.8 Å². The summed E-state index contributed by atoms with van der Waals surface area (Å²) in [5.74, 6) is 0.439. The Morgan fingerprint density at radius 3 is 2.37 bits per heavy atom. The molecule has 1 aromatic rings. The van der Waals surface area contributed by atoms with Crippen LogP contribution in [0.15, 0.2) is 24.3 Å². The van der Waals surface area contributed by atoms with E-state index in [0.29, 0.717) is 6.54 Å². The summed E-state index contributed by atoms with van der Waals surface area (Å²) >= 11 is 0. The molecular weight excluding hydrogens is 244 g/mol. The standard InChI is InChI=1S/C14H22N2O3/c1-10(17)14(18)15-9-13(16(2)3)11-5-7-12(19-4)8-6-11/h5-8,10,13,17H,9H2,1-4H3,(H,15,18). The van der Waals surface area contributed by atoms with Gasteiger partial charge >= 0.3 is 0 Å². The second-order valence-electron chi connectivity index (χ2n) is 4.67. The Hall–Kier alpha value is -1.59. The Bertz CT molecular complexity index is 402. The number of hydrogen-bond donors (Lipinski definition) is 2. The summed E-state index contributed by atoms with van der Waals surface area (Å²) in [4.78, 5) is 13.4. The molecule has 19 heavy (non-hydrogen) atoms. The first-order valence-corrected chi connectivity index (χ1v) is 6.22. The Labute approximate surface area is 114 Å². The Balaban J connectivity index is 2.73. The zero-order valence-corrected chi connectivity index (χ0v) is 11.9. The minimum absolute atomic E-state index is 0.0496. The Morgan fingerprint density at radius 2 is 1.95 bits per heavy atom. The average Bonchev–Trinajstić information content (AvgIpc) is 2.38. The third-order valence-corrected chi connectivity index (χ3v) is 2.97. The molecule has 5 heteroatoms. The fraction of sp³-hybridized carbons (Fsp3) is 0.500. The van der Waals surface area contributed by atoms with Gasteiger partial charge in [0, 0.05) is 6.54 Å². The van der Waals surface area contributed by atoms with E-state index >= 15 is 0 Å². The van der Waals surface area contributed by atoms with Crippen molar-refractivity contribution in [3.8, 4) is 5.75 Å². The third kappa shape index (κ3) is 4.54. The minimum atomic E-state index is -0.987. The molecule has 1 aromatic carbocycles. The molecule has 0 radical (unpaired) electrons. The topological polar surface area (TPSA) is 61.8 Å². The normalized spacial score (nSPS) is 14.0. The molecule has 0 aliphatic rings.